The lowest BCUT2D eigenvalue weighted by Gasteiger charge is -2.33. The Balaban J connectivity index is 3.28. The van der Waals surface area contributed by atoms with Gasteiger partial charge in [0.15, 0.2) is 0 Å². The molecule has 2 unspecified atom stereocenters. The van der Waals surface area contributed by atoms with Crippen molar-refractivity contribution in [3.8, 4) is 12.3 Å². The molecule has 0 aliphatic rings. The fourth-order valence-electron chi connectivity index (χ4n) is 3.43. The van der Waals surface area contributed by atoms with Gasteiger partial charge in [0.05, 0.1) is 0 Å². The first-order valence-electron chi connectivity index (χ1n) is 11.7. The minimum Gasteiger partial charge on any atom is -0.444 e. The first-order chi connectivity index (χ1) is 15.5. The monoisotopic (exact) mass is 457 g/mol. The molecule has 7 nitrogen and oxygen atoms in total. The van der Waals surface area contributed by atoms with Crippen molar-refractivity contribution in [2.45, 2.75) is 84.9 Å². The van der Waals surface area contributed by atoms with Crippen LogP contribution in [0.25, 0.3) is 0 Å². The number of hydrogen-bond acceptors (Lipinski definition) is 4. The largest absolute Gasteiger partial charge is 0.444 e. The average molecular weight is 458 g/mol. The highest BCUT2D eigenvalue weighted by Crippen LogP contribution is 2.26. The number of hydrogen-bond donors (Lipinski definition) is 2. The van der Waals surface area contributed by atoms with Crippen molar-refractivity contribution < 1.29 is 19.1 Å². The normalized spacial score (nSPS) is 12.8. The van der Waals surface area contributed by atoms with Crippen molar-refractivity contribution in [3.05, 3.63) is 35.4 Å². The van der Waals surface area contributed by atoms with Crippen LogP contribution in [-0.4, -0.2) is 47.5 Å². The van der Waals surface area contributed by atoms with Gasteiger partial charge in [0.1, 0.15) is 18.2 Å². The van der Waals surface area contributed by atoms with Crippen LogP contribution in [0.1, 0.15) is 84.4 Å². The second kappa shape index (κ2) is 13.5. The smallest absolute Gasteiger partial charge is 0.408 e. The summed E-state index contributed by atoms with van der Waals surface area (Å²) in [5.41, 5.74) is 0.455. The molecule has 1 aromatic carbocycles. The van der Waals surface area contributed by atoms with E-state index in [1.807, 2.05) is 20.8 Å². The van der Waals surface area contributed by atoms with Crippen molar-refractivity contribution in [2.75, 3.05) is 13.1 Å². The molecule has 0 bridgehead atoms. The van der Waals surface area contributed by atoms with Gasteiger partial charge in [-0.1, -0.05) is 50.8 Å². The highest BCUT2D eigenvalue weighted by atomic mass is 16.6. The maximum atomic E-state index is 13.4. The predicted molar refractivity (Wildman–Crippen MR) is 130 cm³/mol. The highest BCUT2D eigenvalue weighted by Gasteiger charge is 2.33. The Morgan fingerprint density at radius 3 is 2.39 bits per heavy atom. The SMILES string of the molecule is C#Cc1ccccc1C(C(=O)NC(C)CCC)N(CCCC)C(=O)CNC(=O)OC(C)(C)C. The number of nitrogens with zero attached hydrogens (tertiary/aromatic N) is 1. The second-order valence-corrected chi connectivity index (χ2v) is 9.13. The quantitative estimate of drug-likeness (QED) is 0.488. The second-order valence-electron chi connectivity index (χ2n) is 9.13. The molecule has 0 saturated heterocycles. The van der Waals surface area contributed by atoms with Crippen LogP contribution in [0.2, 0.25) is 0 Å². The van der Waals surface area contributed by atoms with Gasteiger partial charge in [-0.25, -0.2) is 4.79 Å². The van der Waals surface area contributed by atoms with Gasteiger partial charge < -0.3 is 20.3 Å². The molecular weight excluding hydrogens is 418 g/mol. The average Bonchev–Trinajstić information content (AvgIpc) is 2.73. The summed E-state index contributed by atoms with van der Waals surface area (Å²) in [6, 6.07) is 6.18. The van der Waals surface area contributed by atoms with Crippen LogP contribution >= 0.6 is 0 Å². The van der Waals surface area contributed by atoms with Crippen molar-refractivity contribution in [3.63, 3.8) is 0 Å². The number of amides is 3. The maximum Gasteiger partial charge on any atom is 0.408 e. The maximum absolute atomic E-state index is 13.4. The van der Waals surface area contributed by atoms with Gasteiger partial charge >= 0.3 is 6.09 Å². The van der Waals surface area contributed by atoms with Gasteiger partial charge in [-0.3, -0.25) is 9.59 Å². The number of ether oxygens (including phenoxy) is 1. The van der Waals surface area contributed by atoms with E-state index in [-0.39, 0.29) is 24.4 Å². The fourth-order valence-corrected chi connectivity index (χ4v) is 3.43. The zero-order chi connectivity index (χ0) is 25.0. The number of terminal acetylenes is 1. The van der Waals surface area contributed by atoms with Gasteiger partial charge in [-0.2, -0.15) is 0 Å². The number of carbonyl (C=O) groups is 3. The number of alkyl carbamates (subject to hydrolysis) is 1. The van der Waals surface area contributed by atoms with Crippen LogP contribution in [0.4, 0.5) is 4.79 Å². The standard InChI is InChI=1S/C26H39N3O4/c1-8-11-17-29(22(30)18-27-25(32)33-26(5,6)7)23(24(31)28-19(4)14-9-2)21-16-13-12-15-20(21)10-3/h3,12-13,15-16,19,23H,8-9,11,14,17-18H2,1-2,4-7H3,(H,27,32)(H,28,31). The first-order valence-corrected chi connectivity index (χ1v) is 11.7. The molecule has 0 radical (unpaired) electrons. The zero-order valence-corrected chi connectivity index (χ0v) is 20.9. The summed E-state index contributed by atoms with van der Waals surface area (Å²) >= 11 is 0. The molecule has 0 saturated carbocycles. The predicted octanol–water partition coefficient (Wildman–Crippen LogP) is 4.17. The van der Waals surface area contributed by atoms with Crippen LogP contribution in [0.3, 0.4) is 0 Å². The molecule has 0 fully saturated rings. The molecule has 0 spiro atoms. The van der Waals surface area contributed by atoms with Gasteiger partial charge in [0, 0.05) is 18.2 Å². The van der Waals surface area contributed by atoms with Crippen LogP contribution in [0.5, 0.6) is 0 Å². The minimum absolute atomic E-state index is 0.0500. The van der Waals surface area contributed by atoms with E-state index in [4.69, 9.17) is 11.2 Å². The van der Waals surface area contributed by atoms with E-state index in [9.17, 15) is 14.4 Å². The Morgan fingerprint density at radius 2 is 1.82 bits per heavy atom. The highest BCUT2D eigenvalue weighted by molar-refractivity contribution is 5.91. The topological polar surface area (TPSA) is 87.7 Å². The Kier molecular flexibility index (Phi) is 11.5. The van der Waals surface area contributed by atoms with E-state index < -0.39 is 17.7 Å². The fraction of sp³-hybridized carbons (Fsp3) is 0.577. The van der Waals surface area contributed by atoms with E-state index in [2.05, 4.69) is 16.6 Å². The molecule has 33 heavy (non-hydrogen) atoms. The molecular formula is C26H39N3O4. The van der Waals surface area contributed by atoms with E-state index in [0.29, 0.717) is 24.1 Å². The summed E-state index contributed by atoms with van der Waals surface area (Å²) in [6.07, 6.45) is 8.30. The first kappa shape index (κ1) is 28.0. The van der Waals surface area contributed by atoms with Gasteiger partial charge in [0.25, 0.3) is 0 Å². The van der Waals surface area contributed by atoms with Gasteiger partial charge in [-0.05, 0) is 52.2 Å². The molecule has 2 atom stereocenters. The Bertz CT molecular complexity index is 839. The van der Waals surface area contributed by atoms with Crippen molar-refractivity contribution >= 4 is 17.9 Å². The molecule has 7 heteroatoms. The lowest BCUT2D eigenvalue weighted by Crippen LogP contribution is -2.49. The third kappa shape index (κ3) is 9.56. The number of carbonyl (C=O) groups excluding carboxylic acids is 3. The number of unbranched alkanes of at least 4 members (excludes halogenated alkanes) is 1. The van der Waals surface area contributed by atoms with E-state index in [1.54, 1.807) is 45.0 Å². The summed E-state index contributed by atoms with van der Waals surface area (Å²) < 4.78 is 5.23. The van der Waals surface area contributed by atoms with Gasteiger partial charge in [-0.15, -0.1) is 6.42 Å². The van der Waals surface area contributed by atoms with Crippen molar-refractivity contribution in [2.24, 2.45) is 0 Å². The van der Waals surface area contributed by atoms with E-state index in [1.165, 1.54) is 4.90 Å². The molecule has 3 amide bonds. The van der Waals surface area contributed by atoms with Crippen molar-refractivity contribution in [1.82, 2.24) is 15.5 Å². The molecule has 0 aliphatic carbocycles. The summed E-state index contributed by atoms with van der Waals surface area (Å²) in [7, 11) is 0. The number of benzene rings is 1. The Morgan fingerprint density at radius 1 is 1.15 bits per heavy atom. The third-order valence-electron chi connectivity index (χ3n) is 4.94. The molecule has 1 aromatic rings. The summed E-state index contributed by atoms with van der Waals surface area (Å²) in [5, 5.41) is 5.53. The van der Waals surface area contributed by atoms with Crippen LogP contribution in [0.15, 0.2) is 24.3 Å². The third-order valence-corrected chi connectivity index (χ3v) is 4.94. The molecule has 0 aromatic heterocycles. The van der Waals surface area contributed by atoms with Gasteiger partial charge in [0.2, 0.25) is 11.8 Å². The molecule has 2 N–H and O–H groups in total. The van der Waals surface area contributed by atoms with Crippen molar-refractivity contribution in [1.29, 1.82) is 0 Å². The lowest BCUT2D eigenvalue weighted by molar-refractivity contribution is -0.140. The Hall–Kier alpha value is -3.01. The van der Waals surface area contributed by atoms with E-state index in [0.717, 1.165) is 19.3 Å². The lowest BCUT2D eigenvalue weighted by atomic mass is 9.97. The number of rotatable bonds is 11. The van der Waals surface area contributed by atoms with Crippen LogP contribution in [-0.2, 0) is 14.3 Å². The van der Waals surface area contributed by atoms with Crippen LogP contribution < -0.4 is 10.6 Å². The summed E-state index contributed by atoms with van der Waals surface area (Å²) in [6.45, 7) is 11.3. The molecule has 0 aliphatic heterocycles. The van der Waals surface area contributed by atoms with E-state index >= 15 is 0 Å². The molecule has 0 heterocycles. The summed E-state index contributed by atoms with van der Waals surface area (Å²) in [5.74, 6) is 1.95. The van der Waals surface area contributed by atoms with Crippen LogP contribution in [0, 0.1) is 12.3 Å². The minimum atomic E-state index is -0.906. The Labute approximate surface area is 198 Å². The molecule has 182 valence electrons. The molecule has 1 rings (SSSR count). The summed E-state index contributed by atoms with van der Waals surface area (Å²) in [4.78, 5) is 40.3. The number of nitrogens with one attached hydrogen (secondary N) is 2. The zero-order valence-electron chi connectivity index (χ0n) is 20.9.